The summed E-state index contributed by atoms with van der Waals surface area (Å²) in [5, 5.41) is 13.6. The molecule has 0 heterocycles. The van der Waals surface area contributed by atoms with Crippen LogP contribution in [0.2, 0.25) is 0 Å². The third-order valence-corrected chi connectivity index (χ3v) is 4.57. The highest BCUT2D eigenvalue weighted by atomic mass is 16.5. The van der Waals surface area contributed by atoms with E-state index in [9.17, 15) is 5.11 Å². The Labute approximate surface area is 128 Å². The molecule has 1 aliphatic rings. The number of hydrogen-bond donors (Lipinski definition) is 2. The van der Waals surface area contributed by atoms with E-state index in [1.54, 1.807) is 0 Å². The largest absolute Gasteiger partial charge is 0.491 e. The van der Waals surface area contributed by atoms with Crippen molar-refractivity contribution in [1.82, 2.24) is 5.32 Å². The highest BCUT2D eigenvalue weighted by molar-refractivity contribution is 5.31. The number of ether oxygens (including phenoxy) is 1. The molecule has 0 bridgehead atoms. The summed E-state index contributed by atoms with van der Waals surface area (Å²) in [7, 11) is 0. The van der Waals surface area contributed by atoms with E-state index in [0.29, 0.717) is 25.1 Å². The van der Waals surface area contributed by atoms with E-state index in [1.807, 2.05) is 31.2 Å². The molecule has 1 aromatic rings. The Bertz CT molecular complexity index is 435. The van der Waals surface area contributed by atoms with Crippen molar-refractivity contribution >= 4 is 0 Å². The van der Waals surface area contributed by atoms with Gasteiger partial charge in [-0.2, -0.15) is 0 Å². The first-order chi connectivity index (χ1) is 10.1. The molecule has 0 aliphatic heterocycles. The monoisotopic (exact) mass is 291 g/mol. The molecule has 0 saturated heterocycles. The van der Waals surface area contributed by atoms with Gasteiger partial charge in [0.25, 0.3) is 0 Å². The Morgan fingerprint density at radius 1 is 1.29 bits per heavy atom. The first-order valence-corrected chi connectivity index (χ1v) is 8.16. The van der Waals surface area contributed by atoms with Gasteiger partial charge in [-0.25, -0.2) is 0 Å². The van der Waals surface area contributed by atoms with Gasteiger partial charge in [0.1, 0.15) is 18.5 Å². The molecule has 0 radical (unpaired) electrons. The predicted molar refractivity (Wildman–Crippen MR) is 86.7 cm³/mol. The minimum Gasteiger partial charge on any atom is -0.491 e. The lowest BCUT2D eigenvalue weighted by Gasteiger charge is -2.33. The third kappa shape index (κ3) is 5.01. The average molecular weight is 291 g/mol. The summed E-state index contributed by atoms with van der Waals surface area (Å²) >= 11 is 0. The maximum atomic E-state index is 10.1. The number of para-hydroxylation sites is 1. The van der Waals surface area contributed by atoms with Crippen LogP contribution in [0.25, 0.3) is 0 Å². The van der Waals surface area contributed by atoms with Crippen LogP contribution in [0.15, 0.2) is 24.3 Å². The van der Waals surface area contributed by atoms with Gasteiger partial charge in [0, 0.05) is 12.6 Å². The molecule has 4 atom stereocenters. The fourth-order valence-electron chi connectivity index (χ4n) is 3.22. The Kier molecular flexibility index (Phi) is 6.07. The first-order valence-electron chi connectivity index (χ1n) is 8.16. The zero-order valence-electron chi connectivity index (χ0n) is 13.5. The Morgan fingerprint density at radius 3 is 2.76 bits per heavy atom. The Morgan fingerprint density at radius 2 is 2.05 bits per heavy atom. The molecular formula is C18H29NO2. The second-order valence-electron chi connectivity index (χ2n) is 6.64. The van der Waals surface area contributed by atoms with Crippen molar-refractivity contribution < 1.29 is 9.84 Å². The number of benzene rings is 1. The van der Waals surface area contributed by atoms with Gasteiger partial charge in [0.15, 0.2) is 0 Å². The lowest BCUT2D eigenvalue weighted by Crippen LogP contribution is -2.43. The van der Waals surface area contributed by atoms with Crippen molar-refractivity contribution in [2.24, 2.45) is 11.8 Å². The summed E-state index contributed by atoms with van der Waals surface area (Å²) in [5.41, 5.74) is 1.10. The van der Waals surface area contributed by atoms with Crippen molar-refractivity contribution in [2.75, 3.05) is 13.2 Å². The van der Waals surface area contributed by atoms with E-state index in [4.69, 9.17) is 4.74 Å². The number of aryl methyl sites for hydroxylation is 1. The van der Waals surface area contributed by atoms with Crippen LogP contribution in [-0.2, 0) is 0 Å². The van der Waals surface area contributed by atoms with Crippen molar-refractivity contribution in [1.29, 1.82) is 0 Å². The molecule has 0 aromatic heterocycles. The molecule has 2 rings (SSSR count). The SMILES string of the molecule is Cc1ccccc1OCC(O)CNC1CCC(C)CC1C. The predicted octanol–water partition coefficient (Wildman–Crippen LogP) is 3.15. The fourth-order valence-corrected chi connectivity index (χ4v) is 3.22. The number of aliphatic hydroxyl groups excluding tert-OH is 1. The van der Waals surface area contributed by atoms with Gasteiger partial charge in [0.2, 0.25) is 0 Å². The lowest BCUT2D eigenvalue weighted by atomic mass is 9.80. The van der Waals surface area contributed by atoms with Crippen molar-refractivity contribution in [2.45, 2.75) is 52.2 Å². The standard InChI is InChI=1S/C18H29NO2/c1-13-8-9-17(15(3)10-13)19-11-16(20)12-21-18-7-5-4-6-14(18)2/h4-7,13,15-17,19-20H,8-12H2,1-3H3. The van der Waals surface area contributed by atoms with E-state index in [1.165, 1.54) is 19.3 Å². The maximum Gasteiger partial charge on any atom is 0.122 e. The highest BCUT2D eigenvalue weighted by Crippen LogP contribution is 2.28. The van der Waals surface area contributed by atoms with E-state index in [-0.39, 0.29) is 0 Å². The molecule has 1 aliphatic carbocycles. The normalized spacial score (nSPS) is 27.3. The van der Waals surface area contributed by atoms with E-state index >= 15 is 0 Å². The summed E-state index contributed by atoms with van der Waals surface area (Å²) in [6.07, 6.45) is 3.33. The Balaban J connectivity index is 1.70. The van der Waals surface area contributed by atoms with E-state index in [0.717, 1.165) is 17.2 Å². The van der Waals surface area contributed by atoms with Crippen LogP contribution in [0, 0.1) is 18.8 Å². The molecule has 2 N–H and O–H groups in total. The van der Waals surface area contributed by atoms with Gasteiger partial charge in [-0.3, -0.25) is 0 Å². The van der Waals surface area contributed by atoms with Crippen LogP contribution in [-0.4, -0.2) is 30.4 Å². The quantitative estimate of drug-likeness (QED) is 0.846. The summed E-state index contributed by atoms with van der Waals surface area (Å²) in [5.74, 6) is 2.39. The minimum atomic E-state index is -0.462. The van der Waals surface area contributed by atoms with E-state index < -0.39 is 6.10 Å². The second-order valence-corrected chi connectivity index (χ2v) is 6.64. The topological polar surface area (TPSA) is 41.5 Å². The van der Waals surface area contributed by atoms with Crippen LogP contribution in [0.1, 0.15) is 38.7 Å². The van der Waals surface area contributed by atoms with Crippen molar-refractivity contribution in [3.63, 3.8) is 0 Å². The van der Waals surface area contributed by atoms with Crippen LogP contribution in [0.5, 0.6) is 5.75 Å². The average Bonchev–Trinajstić information content (AvgIpc) is 2.45. The summed E-state index contributed by atoms with van der Waals surface area (Å²) < 4.78 is 5.69. The fraction of sp³-hybridized carbons (Fsp3) is 0.667. The molecule has 1 fully saturated rings. The molecule has 3 heteroatoms. The minimum absolute atomic E-state index is 0.343. The zero-order chi connectivity index (χ0) is 15.2. The van der Waals surface area contributed by atoms with Gasteiger partial charge in [-0.1, -0.05) is 32.0 Å². The van der Waals surface area contributed by atoms with Crippen LogP contribution >= 0.6 is 0 Å². The molecule has 0 spiro atoms. The van der Waals surface area contributed by atoms with Crippen molar-refractivity contribution in [3.8, 4) is 5.75 Å². The van der Waals surface area contributed by atoms with Gasteiger partial charge in [0.05, 0.1) is 0 Å². The van der Waals surface area contributed by atoms with Crippen LogP contribution in [0.4, 0.5) is 0 Å². The van der Waals surface area contributed by atoms with Gasteiger partial charge >= 0.3 is 0 Å². The molecule has 1 saturated carbocycles. The number of hydrogen-bond acceptors (Lipinski definition) is 3. The number of aliphatic hydroxyl groups is 1. The lowest BCUT2D eigenvalue weighted by molar-refractivity contribution is 0.0962. The Hall–Kier alpha value is -1.06. The highest BCUT2D eigenvalue weighted by Gasteiger charge is 2.25. The maximum absolute atomic E-state index is 10.1. The van der Waals surface area contributed by atoms with Crippen LogP contribution < -0.4 is 10.1 Å². The number of rotatable bonds is 6. The van der Waals surface area contributed by atoms with Gasteiger partial charge < -0.3 is 15.2 Å². The molecule has 0 amide bonds. The molecule has 4 unspecified atom stereocenters. The third-order valence-electron chi connectivity index (χ3n) is 4.57. The van der Waals surface area contributed by atoms with Gasteiger partial charge in [-0.15, -0.1) is 0 Å². The second kappa shape index (κ2) is 7.81. The van der Waals surface area contributed by atoms with Gasteiger partial charge in [-0.05, 0) is 49.7 Å². The molecule has 118 valence electrons. The van der Waals surface area contributed by atoms with Crippen LogP contribution in [0.3, 0.4) is 0 Å². The van der Waals surface area contributed by atoms with Crippen molar-refractivity contribution in [3.05, 3.63) is 29.8 Å². The molecule has 3 nitrogen and oxygen atoms in total. The number of nitrogens with one attached hydrogen (secondary N) is 1. The first kappa shape index (κ1) is 16.3. The van der Waals surface area contributed by atoms with E-state index in [2.05, 4.69) is 19.2 Å². The molecule has 1 aromatic carbocycles. The zero-order valence-corrected chi connectivity index (χ0v) is 13.5. The molecular weight excluding hydrogens is 262 g/mol. The summed E-state index contributed by atoms with van der Waals surface area (Å²) in [6, 6.07) is 8.45. The summed E-state index contributed by atoms with van der Waals surface area (Å²) in [4.78, 5) is 0. The summed E-state index contributed by atoms with van der Waals surface area (Å²) in [6.45, 7) is 7.61. The molecule has 21 heavy (non-hydrogen) atoms. The smallest absolute Gasteiger partial charge is 0.122 e.